The monoisotopic (exact) mass is 377 g/mol. The van der Waals surface area contributed by atoms with Crippen molar-refractivity contribution in [2.45, 2.75) is 36.6 Å². The van der Waals surface area contributed by atoms with E-state index in [4.69, 9.17) is 10.00 Å². The Balaban J connectivity index is 1.41. The van der Waals surface area contributed by atoms with Crippen LogP contribution in [0.1, 0.15) is 25.7 Å². The highest BCUT2D eigenvalue weighted by molar-refractivity contribution is 7.90. The number of nitrogens with zero attached hydrogens (tertiary/aromatic N) is 3. The topological polar surface area (TPSA) is 73.6 Å². The molecule has 0 aromatic heterocycles. The lowest BCUT2D eigenvalue weighted by molar-refractivity contribution is 0.0816. The summed E-state index contributed by atoms with van der Waals surface area (Å²) in [5, 5.41) is 8.94. The molecule has 1 aromatic carbocycles. The van der Waals surface area contributed by atoms with Gasteiger partial charge in [0.1, 0.15) is 5.75 Å². The maximum Gasteiger partial charge on any atom is 0.179 e. The Morgan fingerprint density at radius 2 is 1.69 bits per heavy atom. The molecule has 0 atom stereocenters. The summed E-state index contributed by atoms with van der Waals surface area (Å²) >= 11 is 0. The third-order valence-corrected chi connectivity index (χ3v) is 6.65. The second kappa shape index (κ2) is 8.28. The van der Waals surface area contributed by atoms with E-state index in [1.54, 1.807) is 24.3 Å². The van der Waals surface area contributed by atoms with E-state index >= 15 is 0 Å². The third kappa shape index (κ3) is 4.89. The molecule has 1 heterocycles. The van der Waals surface area contributed by atoms with Crippen LogP contribution in [0.15, 0.2) is 29.2 Å². The zero-order valence-corrected chi connectivity index (χ0v) is 16.1. The van der Waals surface area contributed by atoms with Crippen molar-refractivity contribution in [3.8, 4) is 11.9 Å². The zero-order valence-electron chi connectivity index (χ0n) is 15.3. The Morgan fingerprint density at radius 1 is 1.08 bits per heavy atom. The van der Waals surface area contributed by atoms with Crippen LogP contribution in [0.5, 0.6) is 5.75 Å². The molecule has 0 bridgehead atoms. The van der Waals surface area contributed by atoms with Gasteiger partial charge in [-0.2, -0.15) is 5.26 Å². The maximum absolute atomic E-state index is 11.5. The molecule has 0 unspecified atom stereocenters. The van der Waals surface area contributed by atoms with Gasteiger partial charge in [-0.05, 0) is 55.9 Å². The largest absolute Gasteiger partial charge is 0.493 e. The third-order valence-electron chi connectivity index (χ3n) is 5.53. The average Bonchev–Trinajstić information content (AvgIpc) is 2.66. The van der Waals surface area contributed by atoms with Crippen molar-refractivity contribution in [3.05, 3.63) is 24.3 Å². The summed E-state index contributed by atoms with van der Waals surface area (Å²) in [5.74, 6) is 1.29. The van der Waals surface area contributed by atoms with Gasteiger partial charge in [-0.3, -0.25) is 4.90 Å². The van der Waals surface area contributed by atoms with Crippen molar-refractivity contribution in [2.24, 2.45) is 5.92 Å². The summed E-state index contributed by atoms with van der Waals surface area (Å²) in [4.78, 5) is 4.70. The van der Waals surface area contributed by atoms with Crippen molar-refractivity contribution >= 4 is 9.84 Å². The molecule has 1 aliphatic carbocycles. The summed E-state index contributed by atoms with van der Waals surface area (Å²) < 4.78 is 28.8. The SMILES string of the molecule is CS(=O)(=O)c1ccc(OC[C@H]2CC[C@H](N3CCN(C#N)CC3)CC2)cc1. The molecule has 0 amide bonds. The van der Waals surface area contributed by atoms with Crippen LogP contribution in [0.3, 0.4) is 0 Å². The van der Waals surface area contributed by atoms with Gasteiger partial charge in [-0.15, -0.1) is 0 Å². The normalized spacial score (nSPS) is 24.8. The van der Waals surface area contributed by atoms with Crippen molar-refractivity contribution < 1.29 is 13.2 Å². The second-order valence-corrected chi connectivity index (χ2v) is 9.37. The molecule has 1 saturated heterocycles. The first-order valence-electron chi connectivity index (χ1n) is 9.27. The molecule has 26 heavy (non-hydrogen) atoms. The van der Waals surface area contributed by atoms with Gasteiger partial charge in [0.15, 0.2) is 16.0 Å². The van der Waals surface area contributed by atoms with Crippen LogP contribution in [0.25, 0.3) is 0 Å². The predicted molar refractivity (Wildman–Crippen MR) is 99.6 cm³/mol. The number of hydrogen-bond acceptors (Lipinski definition) is 6. The minimum atomic E-state index is -3.16. The van der Waals surface area contributed by atoms with Crippen LogP contribution in [-0.2, 0) is 9.84 Å². The Kier molecular flexibility index (Phi) is 6.05. The minimum absolute atomic E-state index is 0.321. The number of nitriles is 1. The molecule has 0 spiro atoms. The van der Waals surface area contributed by atoms with Gasteiger partial charge in [0.05, 0.1) is 11.5 Å². The average molecular weight is 378 g/mol. The van der Waals surface area contributed by atoms with Crippen LogP contribution in [0.4, 0.5) is 0 Å². The van der Waals surface area contributed by atoms with Crippen LogP contribution in [0, 0.1) is 17.4 Å². The van der Waals surface area contributed by atoms with Gasteiger partial charge in [0, 0.05) is 38.5 Å². The number of hydrogen-bond donors (Lipinski definition) is 0. The van der Waals surface area contributed by atoms with Gasteiger partial charge in [0.25, 0.3) is 0 Å². The predicted octanol–water partition coefficient (Wildman–Crippen LogP) is 2.13. The Bertz CT molecular complexity index is 726. The van der Waals surface area contributed by atoms with Crippen molar-refractivity contribution in [2.75, 3.05) is 39.0 Å². The molecule has 0 N–H and O–H groups in total. The molecule has 6 nitrogen and oxygen atoms in total. The lowest BCUT2D eigenvalue weighted by Crippen LogP contribution is -2.49. The first kappa shape index (κ1) is 19.0. The first-order valence-corrected chi connectivity index (χ1v) is 11.2. The summed E-state index contributed by atoms with van der Waals surface area (Å²) in [6.07, 6.45) is 8.14. The van der Waals surface area contributed by atoms with Crippen LogP contribution in [0.2, 0.25) is 0 Å². The fourth-order valence-corrected chi connectivity index (χ4v) is 4.49. The number of ether oxygens (including phenoxy) is 1. The van der Waals surface area contributed by atoms with E-state index in [2.05, 4.69) is 11.1 Å². The minimum Gasteiger partial charge on any atom is -0.493 e. The highest BCUT2D eigenvalue weighted by atomic mass is 32.2. The second-order valence-electron chi connectivity index (χ2n) is 7.35. The molecule has 142 valence electrons. The zero-order chi connectivity index (χ0) is 18.6. The lowest BCUT2D eigenvalue weighted by atomic mass is 9.85. The number of benzene rings is 1. The van der Waals surface area contributed by atoms with Crippen LogP contribution in [-0.4, -0.2) is 63.3 Å². The van der Waals surface area contributed by atoms with E-state index in [1.807, 2.05) is 4.90 Å². The van der Waals surface area contributed by atoms with E-state index < -0.39 is 9.84 Å². The summed E-state index contributed by atoms with van der Waals surface area (Å²) in [6.45, 7) is 4.37. The van der Waals surface area contributed by atoms with Gasteiger partial charge < -0.3 is 9.64 Å². The van der Waals surface area contributed by atoms with E-state index in [-0.39, 0.29) is 0 Å². The molecule has 0 radical (unpaired) electrons. The molecule has 2 fully saturated rings. The molecule has 7 heteroatoms. The van der Waals surface area contributed by atoms with Crippen LogP contribution < -0.4 is 4.74 Å². The Labute approximate surface area is 156 Å². The molecule has 1 aromatic rings. The summed E-state index contributed by atoms with van der Waals surface area (Å²) in [7, 11) is -3.16. The highest BCUT2D eigenvalue weighted by Gasteiger charge is 2.28. The number of sulfone groups is 1. The quantitative estimate of drug-likeness (QED) is 0.732. The van der Waals surface area contributed by atoms with Gasteiger partial charge in [0.2, 0.25) is 0 Å². The number of piperazine rings is 1. The number of rotatable bonds is 5. The molecular formula is C19H27N3O3S. The fraction of sp³-hybridized carbons (Fsp3) is 0.632. The van der Waals surface area contributed by atoms with Crippen LogP contribution >= 0.6 is 0 Å². The highest BCUT2D eigenvalue weighted by Crippen LogP contribution is 2.29. The van der Waals surface area contributed by atoms with Crippen molar-refractivity contribution in [1.29, 1.82) is 5.26 Å². The fourth-order valence-electron chi connectivity index (χ4n) is 3.86. The maximum atomic E-state index is 11.5. The molecular weight excluding hydrogens is 350 g/mol. The lowest BCUT2D eigenvalue weighted by Gasteiger charge is -2.40. The standard InChI is InChI=1S/C19H27N3O3S/c1-26(23,24)19-8-6-18(7-9-19)25-14-16-2-4-17(5-3-16)22-12-10-21(15-20)11-13-22/h6-9,16-17H,2-5,10-14H2,1H3/t16-,17-. The van der Waals surface area contributed by atoms with Gasteiger partial charge in [-0.25, -0.2) is 8.42 Å². The first-order chi connectivity index (χ1) is 12.5. The smallest absolute Gasteiger partial charge is 0.179 e. The van der Waals surface area contributed by atoms with E-state index in [0.29, 0.717) is 23.5 Å². The molecule has 1 saturated carbocycles. The van der Waals surface area contributed by atoms with Gasteiger partial charge in [-0.1, -0.05) is 0 Å². The van der Waals surface area contributed by atoms with Gasteiger partial charge >= 0.3 is 0 Å². The molecule has 2 aliphatic rings. The van der Waals surface area contributed by atoms with E-state index in [9.17, 15) is 8.42 Å². The Morgan fingerprint density at radius 3 is 2.23 bits per heavy atom. The van der Waals surface area contributed by atoms with Crippen molar-refractivity contribution in [3.63, 3.8) is 0 Å². The van der Waals surface area contributed by atoms with E-state index in [1.165, 1.54) is 19.1 Å². The Hall–Kier alpha value is -1.78. The molecule has 1 aliphatic heterocycles. The van der Waals surface area contributed by atoms with E-state index in [0.717, 1.165) is 44.8 Å². The molecule has 3 rings (SSSR count). The van der Waals surface area contributed by atoms with Crippen molar-refractivity contribution in [1.82, 2.24) is 9.80 Å². The summed E-state index contributed by atoms with van der Waals surface area (Å²) in [5.41, 5.74) is 0. The summed E-state index contributed by atoms with van der Waals surface area (Å²) in [6, 6.07) is 7.30.